The van der Waals surface area contributed by atoms with E-state index in [4.69, 9.17) is 0 Å². The number of hydrogen-bond acceptors (Lipinski definition) is 1. The van der Waals surface area contributed by atoms with Crippen molar-refractivity contribution in [1.82, 2.24) is 9.88 Å². The van der Waals surface area contributed by atoms with Crippen molar-refractivity contribution < 1.29 is 0 Å². The van der Waals surface area contributed by atoms with Gasteiger partial charge >= 0.3 is 0 Å². The van der Waals surface area contributed by atoms with Gasteiger partial charge in [0, 0.05) is 18.4 Å². The summed E-state index contributed by atoms with van der Waals surface area (Å²) in [7, 11) is 2.21. The third-order valence-corrected chi connectivity index (χ3v) is 2.87. The molecule has 0 radical (unpaired) electrons. The average molecular weight is 164 g/mol. The normalized spacial score (nSPS) is 25.0. The van der Waals surface area contributed by atoms with Gasteiger partial charge in [0.25, 0.3) is 0 Å². The molecular weight excluding hydrogens is 148 g/mol. The lowest BCUT2D eigenvalue weighted by Gasteiger charge is -2.18. The second-order valence-electron chi connectivity index (χ2n) is 3.73. The van der Waals surface area contributed by atoms with E-state index in [-0.39, 0.29) is 0 Å². The molecule has 0 aromatic carbocycles. The van der Waals surface area contributed by atoms with Crippen molar-refractivity contribution in [3.63, 3.8) is 0 Å². The van der Waals surface area contributed by atoms with Gasteiger partial charge in [0.2, 0.25) is 0 Å². The van der Waals surface area contributed by atoms with Gasteiger partial charge < -0.3 is 4.98 Å². The van der Waals surface area contributed by atoms with Crippen LogP contribution in [0.25, 0.3) is 0 Å². The molecule has 0 bridgehead atoms. The van der Waals surface area contributed by atoms with Crippen LogP contribution in [0, 0.1) is 6.92 Å². The number of H-pyrrole nitrogens is 1. The first-order valence-corrected chi connectivity index (χ1v) is 4.62. The first kappa shape index (κ1) is 7.87. The van der Waals surface area contributed by atoms with Gasteiger partial charge in [0.15, 0.2) is 0 Å². The molecule has 2 nitrogen and oxygen atoms in total. The fourth-order valence-electron chi connectivity index (χ4n) is 2.12. The Morgan fingerprint density at radius 1 is 1.50 bits per heavy atom. The maximum Gasteiger partial charge on any atom is 0.0363 e. The summed E-state index contributed by atoms with van der Waals surface area (Å²) >= 11 is 0. The molecule has 1 N–H and O–H groups in total. The smallest absolute Gasteiger partial charge is 0.0363 e. The standard InChI is InChI=1S/C10H16N2/c1-8-6-11-7-9(8)10-4-3-5-12(10)2/h6-7,10-11H,3-5H2,1-2H3. The van der Waals surface area contributed by atoms with Crippen molar-refractivity contribution in [1.29, 1.82) is 0 Å². The average Bonchev–Trinajstić information content (AvgIpc) is 2.59. The van der Waals surface area contributed by atoms with Crippen molar-refractivity contribution in [3.05, 3.63) is 23.5 Å². The van der Waals surface area contributed by atoms with Crippen molar-refractivity contribution in [2.45, 2.75) is 25.8 Å². The van der Waals surface area contributed by atoms with E-state index in [0.29, 0.717) is 6.04 Å². The number of aromatic amines is 1. The summed E-state index contributed by atoms with van der Waals surface area (Å²) in [4.78, 5) is 5.61. The summed E-state index contributed by atoms with van der Waals surface area (Å²) < 4.78 is 0. The number of hydrogen-bond donors (Lipinski definition) is 1. The van der Waals surface area contributed by atoms with Gasteiger partial charge in [0.05, 0.1) is 0 Å². The molecule has 12 heavy (non-hydrogen) atoms. The zero-order valence-corrected chi connectivity index (χ0v) is 7.80. The lowest BCUT2D eigenvalue weighted by atomic mass is 10.1. The van der Waals surface area contributed by atoms with Gasteiger partial charge in [-0.2, -0.15) is 0 Å². The van der Waals surface area contributed by atoms with Crippen LogP contribution < -0.4 is 0 Å². The maximum absolute atomic E-state index is 3.17. The number of nitrogens with one attached hydrogen (secondary N) is 1. The molecule has 1 atom stereocenters. The zero-order valence-electron chi connectivity index (χ0n) is 7.80. The van der Waals surface area contributed by atoms with Gasteiger partial charge in [-0.05, 0) is 44.5 Å². The largest absolute Gasteiger partial charge is 0.367 e. The van der Waals surface area contributed by atoms with Gasteiger partial charge in [-0.3, -0.25) is 4.90 Å². The molecule has 1 aromatic rings. The molecule has 2 heteroatoms. The molecule has 1 unspecified atom stereocenters. The molecule has 0 spiro atoms. The first-order valence-electron chi connectivity index (χ1n) is 4.62. The van der Waals surface area contributed by atoms with Gasteiger partial charge in [-0.15, -0.1) is 0 Å². The van der Waals surface area contributed by atoms with Crippen LogP contribution in [-0.2, 0) is 0 Å². The van der Waals surface area contributed by atoms with E-state index in [1.165, 1.54) is 30.5 Å². The fourth-order valence-corrected chi connectivity index (χ4v) is 2.12. The minimum absolute atomic E-state index is 0.663. The van der Waals surface area contributed by atoms with Crippen LogP contribution in [0.4, 0.5) is 0 Å². The Labute approximate surface area is 73.6 Å². The molecule has 2 rings (SSSR count). The minimum atomic E-state index is 0.663. The van der Waals surface area contributed by atoms with Crippen molar-refractivity contribution in [3.8, 4) is 0 Å². The van der Waals surface area contributed by atoms with E-state index >= 15 is 0 Å². The highest BCUT2D eigenvalue weighted by atomic mass is 15.1. The van der Waals surface area contributed by atoms with Crippen LogP contribution in [-0.4, -0.2) is 23.5 Å². The summed E-state index contributed by atoms with van der Waals surface area (Å²) in [6, 6.07) is 0.663. The number of aryl methyl sites for hydroxylation is 1. The minimum Gasteiger partial charge on any atom is -0.367 e. The molecule has 0 amide bonds. The summed E-state index contributed by atoms with van der Waals surface area (Å²) in [6.45, 7) is 3.42. The summed E-state index contributed by atoms with van der Waals surface area (Å²) in [6.07, 6.45) is 6.88. The monoisotopic (exact) mass is 164 g/mol. The lowest BCUT2D eigenvalue weighted by Crippen LogP contribution is -2.17. The molecule has 66 valence electrons. The highest BCUT2D eigenvalue weighted by Gasteiger charge is 2.23. The Hall–Kier alpha value is -0.760. The summed E-state index contributed by atoms with van der Waals surface area (Å²) in [5.74, 6) is 0. The predicted molar refractivity (Wildman–Crippen MR) is 50.1 cm³/mol. The topological polar surface area (TPSA) is 19.0 Å². The van der Waals surface area contributed by atoms with Crippen molar-refractivity contribution in [2.24, 2.45) is 0 Å². The van der Waals surface area contributed by atoms with E-state index in [0.717, 1.165) is 0 Å². The molecule has 1 fully saturated rings. The van der Waals surface area contributed by atoms with Gasteiger partial charge in [-0.25, -0.2) is 0 Å². The Balaban J connectivity index is 2.24. The zero-order chi connectivity index (χ0) is 8.55. The Kier molecular flexibility index (Phi) is 1.93. The van der Waals surface area contributed by atoms with Crippen molar-refractivity contribution >= 4 is 0 Å². The fraction of sp³-hybridized carbons (Fsp3) is 0.600. The molecule has 0 aliphatic carbocycles. The third-order valence-electron chi connectivity index (χ3n) is 2.87. The Morgan fingerprint density at radius 3 is 2.83 bits per heavy atom. The number of likely N-dealkylation sites (tertiary alicyclic amines) is 1. The molecule has 1 saturated heterocycles. The third kappa shape index (κ3) is 1.16. The van der Waals surface area contributed by atoms with Crippen LogP contribution >= 0.6 is 0 Å². The maximum atomic E-state index is 3.17. The van der Waals surface area contributed by atoms with E-state index in [1.54, 1.807) is 0 Å². The Bertz CT molecular complexity index is 265. The number of rotatable bonds is 1. The van der Waals surface area contributed by atoms with E-state index in [9.17, 15) is 0 Å². The highest BCUT2D eigenvalue weighted by molar-refractivity contribution is 5.25. The number of nitrogens with zero attached hydrogens (tertiary/aromatic N) is 1. The summed E-state index contributed by atoms with van der Waals surface area (Å²) in [5, 5.41) is 0. The second-order valence-corrected chi connectivity index (χ2v) is 3.73. The second kappa shape index (κ2) is 2.94. The van der Waals surface area contributed by atoms with Gasteiger partial charge in [-0.1, -0.05) is 0 Å². The van der Waals surface area contributed by atoms with Crippen LogP contribution in [0.15, 0.2) is 12.4 Å². The SMILES string of the molecule is Cc1c[nH]cc1C1CCCN1C. The first-order chi connectivity index (χ1) is 5.79. The Morgan fingerprint density at radius 2 is 2.33 bits per heavy atom. The number of aromatic nitrogens is 1. The van der Waals surface area contributed by atoms with Crippen LogP contribution in [0.1, 0.15) is 30.0 Å². The summed E-state index contributed by atoms with van der Waals surface area (Å²) in [5.41, 5.74) is 2.88. The molecule has 1 aromatic heterocycles. The molecule has 1 aliphatic rings. The highest BCUT2D eigenvalue weighted by Crippen LogP contribution is 2.31. The molecule has 0 saturated carbocycles. The van der Waals surface area contributed by atoms with E-state index in [2.05, 4.69) is 36.2 Å². The predicted octanol–water partition coefficient (Wildman–Crippen LogP) is 2.09. The molecule has 1 aliphatic heterocycles. The van der Waals surface area contributed by atoms with E-state index < -0.39 is 0 Å². The molecular formula is C10H16N2. The van der Waals surface area contributed by atoms with Crippen LogP contribution in [0.2, 0.25) is 0 Å². The van der Waals surface area contributed by atoms with Crippen LogP contribution in [0.3, 0.4) is 0 Å². The van der Waals surface area contributed by atoms with Gasteiger partial charge in [0.1, 0.15) is 0 Å². The lowest BCUT2D eigenvalue weighted by molar-refractivity contribution is 0.317. The van der Waals surface area contributed by atoms with Crippen LogP contribution in [0.5, 0.6) is 0 Å². The quantitative estimate of drug-likeness (QED) is 0.673. The molecule has 2 heterocycles. The van der Waals surface area contributed by atoms with Crippen molar-refractivity contribution in [2.75, 3.05) is 13.6 Å². The van der Waals surface area contributed by atoms with E-state index in [1.807, 2.05) is 0 Å².